The van der Waals surface area contributed by atoms with Gasteiger partial charge in [-0.1, -0.05) is 13.0 Å². The van der Waals surface area contributed by atoms with E-state index in [4.69, 9.17) is 4.74 Å². The van der Waals surface area contributed by atoms with Gasteiger partial charge in [-0.05, 0) is 37.3 Å². The van der Waals surface area contributed by atoms with Crippen molar-refractivity contribution in [1.82, 2.24) is 14.8 Å². The number of piperidine rings is 1. The molecular weight excluding hydrogens is 302 g/mol. The van der Waals surface area contributed by atoms with E-state index >= 15 is 0 Å². The highest BCUT2D eigenvalue weighted by molar-refractivity contribution is 5.76. The Morgan fingerprint density at radius 1 is 1.25 bits per heavy atom. The van der Waals surface area contributed by atoms with Gasteiger partial charge in [0.1, 0.15) is 0 Å². The van der Waals surface area contributed by atoms with E-state index < -0.39 is 0 Å². The minimum absolute atomic E-state index is 0.313. The van der Waals surface area contributed by atoms with Crippen LogP contribution in [0.4, 0.5) is 0 Å². The second-order valence-electron chi connectivity index (χ2n) is 6.87. The van der Waals surface area contributed by atoms with E-state index in [0.717, 1.165) is 58.5 Å². The molecule has 0 aliphatic carbocycles. The highest BCUT2D eigenvalue weighted by Gasteiger charge is 2.33. The maximum absolute atomic E-state index is 12.5. The molecule has 0 N–H and O–H groups in total. The third-order valence-corrected chi connectivity index (χ3v) is 5.25. The quantitative estimate of drug-likeness (QED) is 0.831. The molecule has 3 rings (SSSR count). The number of hydrogen-bond donors (Lipinski definition) is 0. The average molecular weight is 331 g/mol. The lowest BCUT2D eigenvalue weighted by Gasteiger charge is -2.43. The molecule has 0 unspecified atom stereocenters. The Balaban J connectivity index is 1.57. The van der Waals surface area contributed by atoms with Crippen LogP contribution in [0.3, 0.4) is 0 Å². The molecule has 0 atom stereocenters. The zero-order valence-electron chi connectivity index (χ0n) is 14.7. The molecule has 1 aromatic rings. The van der Waals surface area contributed by atoms with Gasteiger partial charge in [0.15, 0.2) is 0 Å². The maximum atomic E-state index is 12.5. The summed E-state index contributed by atoms with van der Waals surface area (Å²) in [5, 5.41) is 0. The van der Waals surface area contributed by atoms with Crippen LogP contribution in [0.15, 0.2) is 24.5 Å². The number of ether oxygens (including phenoxy) is 1. The van der Waals surface area contributed by atoms with Gasteiger partial charge in [-0.15, -0.1) is 0 Å². The van der Waals surface area contributed by atoms with E-state index in [1.54, 1.807) is 0 Å². The first-order valence-corrected chi connectivity index (χ1v) is 9.28. The number of likely N-dealkylation sites (tertiary alicyclic amines) is 1. The molecule has 2 aliphatic rings. The Bertz CT molecular complexity index is 509. The fourth-order valence-corrected chi connectivity index (χ4v) is 3.96. The molecule has 2 aliphatic heterocycles. The summed E-state index contributed by atoms with van der Waals surface area (Å²) in [5.41, 5.74) is 1.27. The minimum Gasteiger partial charge on any atom is -0.381 e. The Labute approximate surface area is 145 Å². The number of pyridine rings is 1. The molecule has 5 heteroatoms. The van der Waals surface area contributed by atoms with Crippen LogP contribution in [0.5, 0.6) is 0 Å². The minimum atomic E-state index is 0.313. The van der Waals surface area contributed by atoms with E-state index in [-0.39, 0.29) is 0 Å². The second kappa shape index (κ2) is 8.58. The van der Waals surface area contributed by atoms with Crippen LogP contribution >= 0.6 is 0 Å². The molecule has 2 saturated heterocycles. The average Bonchev–Trinajstić information content (AvgIpc) is 2.65. The van der Waals surface area contributed by atoms with Crippen molar-refractivity contribution in [3.05, 3.63) is 30.1 Å². The number of carbonyl (C=O) groups excluding carboxylic acids is 1. The highest BCUT2D eigenvalue weighted by atomic mass is 16.5. The molecule has 3 heterocycles. The second-order valence-corrected chi connectivity index (χ2v) is 6.87. The zero-order chi connectivity index (χ0) is 16.8. The Kier molecular flexibility index (Phi) is 6.21. The standard InChI is InChI=1S/C19H29N3O2/c1-2-19(23)22(18-7-12-24-13-8-18)17-5-10-21(11-6-17)15-16-4-3-9-20-14-16/h3-4,9,14,17-18H,2,5-8,10-13,15H2,1H3. The van der Waals surface area contributed by atoms with Crippen molar-refractivity contribution in [2.45, 2.75) is 57.7 Å². The Morgan fingerprint density at radius 2 is 1.96 bits per heavy atom. The molecule has 0 saturated carbocycles. The van der Waals surface area contributed by atoms with Crippen molar-refractivity contribution in [3.8, 4) is 0 Å². The number of aromatic nitrogens is 1. The smallest absolute Gasteiger partial charge is 0.222 e. The predicted octanol–water partition coefficient (Wildman–Crippen LogP) is 2.46. The van der Waals surface area contributed by atoms with Crippen LogP contribution in [0.1, 0.15) is 44.6 Å². The number of hydrogen-bond acceptors (Lipinski definition) is 4. The molecule has 0 spiro atoms. The summed E-state index contributed by atoms with van der Waals surface area (Å²) >= 11 is 0. The molecule has 24 heavy (non-hydrogen) atoms. The third kappa shape index (κ3) is 4.33. The van der Waals surface area contributed by atoms with Crippen LogP contribution in [0.25, 0.3) is 0 Å². The van der Waals surface area contributed by atoms with Gasteiger partial charge >= 0.3 is 0 Å². The van der Waals surface area contributed by atoms with E-state index in [9.17, 15) is 4.79 Å². The number of amides is 1. The first kappa shape index (κ1) is 17.4. The monoisotopic (exact) mass is 331 g/mol. The van der Waals surface area contributed by atoms with Gasteiger partial charge in [-0.3, -0.25) is 14.7 Å². The Hall–Kier alpha value is -1.46. The van der Waals surface area contributed by atoms with E-state index in [2.05, 4.69) is 20.9 Å². The first-order chi connectivity index (χ1) is 11.8. The largest absolute Gasteiger partial charge is 0.381 e. The van der Waals surface area contributed by atoms with Crippen LogP contribution < -0.4 is 0 Å². The summed E-state index contributed by atoms with van der Waals surface area (Å²) in [4.78, 5) is 21.4. The van der Waals surface area contributed by atoms with E-state index in [1.165, 1.54) is 5.56 Å². The molecule has 1 amide bonds. The van der Waals surface area contributed by atoms with Crippen LogP contribution in [-0.2, 0) is 16.1 Å². The molecule has 5 nitrogen and oxygen atoms in total. The summed E-state index contributed by atoms with van der Waals surface area (Å²) < 4.78 is 5.48. The van der Waals surface area contributed by atoms with Gasteiger partial charge in [0.25, 0.3) is 0 Å². The van der Waals surface area contributed by atoms with Crippen molar-refractivity contribution in [2.24, 2.45) is 0 Å². The fraction of sp³-hybridized carbons (Fsp3) is 0.684. The normalized spacial score (nSPS) is 20.9. The van der Waals surface area contributed by atoms with E-state index in [1.807, 2.05) is 25.4 Å². The van der Waals surface area contributed by atoms with Gasteiger partial charge in [0, 0.05) is 63.7 Å². The molecule has 0 aromatic carbocycles. The lowest BCUT2D eigenvalue weighted by molar-refractivity contribution is -0.139. The van der Waals surface area contributed by atoms with Crippen LogP contribution in [0.2, 0.25) is 0 Å². The summed E-state index contributed by atoms with van der Waals surface area (Å²) in [5.74, 6) is 0.313. The molecular formula is C19H29N3O2. The predicted molar refractivity (Wildman–Crippen MR) is 93.5 cm³/mol. The summed E-state index contributed by atoms with van der Waals surface area (Å²) in [6, 6.07) is 4.90. The topological polar surface area (TPSA) is 45.7 Å². The zero-order valence-corrected chi connectivity index (χ0v) is 14.7. The SMILES string of the molecule is CCC(=O)N(C1CCOCC1)C1CCN(Cc2cccnc2)CC1. The molecule has 1 aromatic heterocycles. The highest BCUT2D eigenvalue weighted by Crippen LogP contribution is 2.25. The summed E-state index contributed by atoms with van der Waals surface area (Å²) in [6.45, 7) is 6.62. The van der Waals surface area contributed by atoms with Crippen molar-refractivity contribution in [3.63, 3.8) is 0 Å². The third-order valence-electron chi connectivity index (χ3n) is 5.25. The number of rotatable bonds is 5. The van der Waals surface area contributed by atoms with Crippen LogP contribution in [0, 0.1) is 0 Å². The molecule has 0 radical (unpaired) electrons. The van der Waals surface area contributed by atoms with Gasteiger partial charge < -0.3 is 9.64 Å². The van der Waals surface area contributed by atoms with Gasteiger partial charge in [0.05, 0.1) is 0 Å². The van der Waals surface area contributed by atoms with Gasteiger partial charge in [-0.25, -0.2) is 0 Å². The van der Waals surface area contributed by atoms with Crippen molar-refractivity contribution in [2.75, 3.05) is 26.3 Å². The lowest BCUT2D eigenvalue weighted by Crippen LogP contribution is -2.52. The lowest BCUT2D eigenvalue weighted by atomic mass is 9.97. The number of carbonyl (C=O) groups is 1. The van der Waals surface area contributed by atoms with Crippen LogP contribution in [-0.4, -0.2) is 59.1 Å². The molecule has 0 bridgehead atoms. The summed E-state index contributed by atoms with van der Waals surface area (Å²) in [6.07, 6.45) is 8.49. The van der Waals surface area contributed by atoms with Crippen molar-refractivity contribution in [1.29, 1.82) is 0 Å². The fourth-order valence-electron chi connectivity index (χ4n) is 3.96. The van der Waals surface area contributed by atoms with Gasteiger partial charge in [0.2, 0.25) is 5.91 Å². The van der Waals surface area contributed by atoms with Gasteiger partial charge in [-0.2, -0.15) is 0 Å². The van der Waals surface area contributed by atoms with Crippen molar-refractivity contribution >= 4 is 5.91 Å². The molecule has 2 fully saturated rings. The number of nitrogens with zero attached hydrogens (tertiary/aromatic N) is 3. The Morgan fingerprint density at radius 3 is 2.58 bits per heavy atom. The molecule has 132 valence electrons. The summed E-state index contributed by atoms with van der Waals surface area (Å²) in [7, 11) is 0. The first-order valence-electron chi connectivity index (χ1n) is 9.28. The van der Waals surface area contributed by atoms with E-state index in [0.29, 0.717) is 24.4 Å². The maximum Gasteiger partial charge on any atom is 0.222 e. The van der Waals surface area contributed by atoms with Crippen molar-refractivity contribution < 1.29 is 9.53 Å².